The lowest BCUT2D eigenvalue weighted by molar-refractivity contribution is 0.401. The van der Waals surface area contributed by atoms with Crippen LogP contribution in [0.4, 0.5) is 39.8 Å². The summed E-state index contributed by atoms with van der Waals surface area (Å²) < 4.78 is 12.3. The van der Waals surface area contributed by atoms with Crippen molar-refractivity contribution >= 4 is 39.8 Å². The van der Waals surface area contributed by atoms with E-state index in [4.69, 9.17) is 20.9 Å². The minimum absolute atomic E-state index is 0.180. The van der Waals surface area contributed by atoms with E-state index in [1.807, 2.05) is 48.5 Å². The SMILES string of the molecule is C=C(N)/C=C\C(=C)Oc1ccc(N(c2ccccc2)c2ccc3c(c2)C(CCCCCC)(CCCCCC)c2cc(N(c4ccccc4)c4ccc(Oc5ccc(N)cc5)cc4)ccc2-3)cc1. The quantitative estimate of drug-likeness (QED) is 0.0306. The van der Waals surface area contributed by atoms with E-state index in [2.05, 4.69) is 158 Å². The zero-order valence-electron chi connectivity index (χ0n) is 39.2. The molecule has 7 aromatic rings. The highest BCUT2D eigenvalue weighted by Gasteiger charge is 2.43. The number of benzene rings is 7. The fourth-order valence-corrected chi connectivity index (χ4v) is 9.55. The lowest BCUT2D eigenvalue weighted by Crippen LogP contribution is -2.26. The first-order chi connectivity index (χ1) is 32.8. The maximum Gasteiger partial charge on any atom is 0.127 e. The van der Waals surface area contributed by atoms with Gasteiger partial charge in [-0.05, 0) is 169 Å². The molecule has 1 aliphatic rings. The lowest BCUT2D eigenvalue weighted by Gasteiger charge is -2.35. The third-order valence-electron chi connectivity index (χ3n) is 12.8. The molecule has 7 aromatic carbocycles. The van der Waals surface area contributed by atoms with Crippen LogP contribution in [0.1, 0.15) is 89.2 Å². The van der Waals surface area contributed by atoms with E-state index in [1.165, 1.54) is 60.8 Å². The van der Waals surface area contributed by atoms with Crippen LogP contribution in [0.5, 0.6) is 17.2 Å². The Morgan fingerprint density at radius 1 is 0.493 bits per heavy atom. The second-order valence-electron chi connectivity index (χ2n) is 17.6. The molecule has 0 atom stereocenters. The Hall–Kier alpha value is -7.44. The molecule has 1 aliphatic carbocycles. The van der Waals surface area contributed by atoms with Crippen molar-refractivity contribution in [3.63, 3.8) is 0 Å². The lowest BCUT2D eigenvalue weighted by atomic mass is 9.70. The van der Waals surface area contributed by atoms with E-state index in [0.717, 1.165) is 71.3 Å². The Morgan fingerprint density at radius 3 is 1.36 bits per heavy atom. The van der Waals surface area contributed by atoms with Gasteiger partial charge in [-0.2, -0.15) is 0 Å². The first kappa shape index (κ1) is 46.1. The molecular formula is C61H64N4O2. The van der Waals surface area contributed by atoms with Gasteiger partial charge < -0.3 is 30.7 Å². The summed E-state index contributed by atoms with van der Waals surface area (Å²) in [5.74, 6) is 2.69. The molecule has 0 radical (unpaired) electrons. The summed E-state index contributed by atoms with van der Waals surface area (Å²) in [5, 5.41) is 0. The number of nitrogen functional groups attached to an aromatic ring is 1. The number of ether oxygens (including phenoxy) is 2. The number of hydrogen-bond acceptors (Lipinski definition) is 6. The fourth-order valence-electron chi connectivity index (χ4n) is 9.55. The van der Waals surface area contributed by atoms with E-state index < -0.39 is 0 Å². The number of fused-ring (bicyclic) bond motifs is 3. The summed E-state index contributed by atoms with van der Waals surface area (Å²) in [6.45, 7) is 12.4. The summed E-state index contributed by atoms with van der Waals surface area (Å²) in [6, 6.07) is 59.9. The molecule has 0 aliphatic heterocycles. The average Bonchev–Trinajstić information content (AvgIpc) is 3.61. The summed E-state index contributed by atoms with van der Waals surface area (Å²) in [5.41, 5.74) is 24.7. The van der Waals surface area contributed by atoms with Gasteiger partial charge in [0.25, 0.3) is 0 Å². The zero-order valence-corrected chi connectivity index (χ0v) is 39.2. The van der Waals surface area contributed by atoms with E-state index in [-0.39, 0.29) is 5.41 Å². The van der Waals surface area contributed by atoms with Crippen molar-refractivity contribution in [2.24, 2.45) is 5.73 Å². The molecule has 340 valence electrons. The van der Waals surface area contributed by atoms with Gasteiger partial charge in [0.15, 0.2) is 0 Å². The van der Waals surface area contributed by atoms with Crippen molar-refractivity contribution in [3.8, 4) is 28.4 Å². The Bertz CT molecular complexity index is 2750. The van der Waals surface area contributed by atoms with Crippen molar-refractivity contribution in [2.45, 2.75) is 83.5 Å². The van der Waals surface area contributed by atoms with Crippen LogP contribution in [0.25, 0.3) is 11.1 Å². The number of para-hydroxylation sites is 2. The molecule has 0 saturated heterocycles. The normalized spacial score (nSPS) is 12.3. The van der Waals surface area contributed by atoms with E-state index in [0.29, 0.717) is 22.9 Å². The van der Waals surface area contributed by atoms with Gasteiger partial charge in [0.05, 0.1) is 0 Å². The molecule has 0 aromatic heterocycles. The Kier molecular flexibility index (Phi) is 14.9. The zero-order chi connectivity index (χ0) is 46.6. The summed E-state index contributed by atoms with van der Waals surface area (Å²) >= 11 is 0. The highest BCUT2D eigenvalue weighted by Crippen LogP contribution is 2.57. The van der Waals surface area contributed by atoms with Crippen LogP contribution in [0.2, 0.25) is 0 Å². The maximum atomic E-state index is 6.23. The molecule has 6 heteroatoms. The van der Waals surface area contributed by atoms with Gasteiger partial charge in [0, 0.05) is 50.9 Å². The smallest absolute Gasteiger partial charge is 0.127 e. The van der Waals surface area contributed by atoms with Crippen LogP contribution >= 0.6 is 0 Å². The number of allylic oxidation sites excluding steroid dienone is 2. The van der Waals surface area contributed by atoms with Gasteiger partial charge in [-0.1, -0.05) is 127 Å². The molecular weight excluding hydrogens is 821 g/mol. The van der Waals surface area contributed by atoms with E-state index in [9.17, 15) is 0 Å². The van der Waals surface area contributed by atoms with E-state index in [1.54, 1.807) is 12.2 Å². The fraction of sp³-hybridized carbons (Fsp3) is 0.213. The van der Waals surface area contributed by atoms with Crippen LogP contribution in [0.3, 0.4) is 0 Å². The Labute approximate surface area is 398 Å². The number of nitrogens with zero attached hydrogens (tertiary/aromatic N) is 2. The maximum absolute atomic E-state index is 6.23. The number of rotatable bonds is 22. The van der Waals surface area contributed by atoms with Gasteiger partial charge in [-0.25, -0.2) is 0 Å². The molecule has 0 fully saturated rings. The van der Waals surface area contributed by atoms with Crippen molar-refractivity contribution in [3.05, 3.63) is 218 Å². The minimum Gasteiger partial charge on any atom is -0.458 e. The van der Waals surface area contributed by atoms with Gasteiger partial charge in [0.1, 0.15) is 23.0 Å². The van der Waals surface area contributed by atoms with Gasteiger partial charge in [-0.3, -0.25) is 0 Å². The number of nitrogens with two attached hydrogens (primary N) is 2. The van der Waals surface area contributed by atoms with Crippen molar-refractivity contribution in [1.29, 1.82) is 0 Å². The second-order valence-corrected chi connectivity index (χ2v) is 17.6. The number of hydrogen-bond donors (Lipinski definition) is 2. The minimum atomic E-state index is -0.180. The van der Waals surface area contributed by atoms with Crippen molar-refractivity contribution in [1.82, 2.24) is 0 Å². The van der Waals surface area contributed by atoms with Crippen molar-refractivity contribution in [2.75, 3.05) is 15.5 Å². The van der Waals surface area contributed by atoms with Crippen LogP contribution < -0.4 is 30.7 Å². The van der Waals surface area contributed by atoms with Gasteiger partial charge >= 0.3 is 0 Å². The molecule has 0 bridgehead atoms. The Balaban J connectivity index is 1.23. The molecule has 0 unspecified atom stereocenters. The third-order valence-corrected chi connectivity index (χ3v) is 12.8. The predicted octanol–water partition coefficient (Wildman–Crippen LogP) is 17.1. The number of anilines is 7. The summed E-state index contributed by atoms with van der Waals surface area (Å²) in [4.78, 5) is 4.74. The standard InChI is InChI=1S/C61H64N4O2/c1-5-7-9-17-41-61(42-18-10-8-6-2)59-43-52(64(48-19-13-11-14-20-48)50-27-35-54(36-28-50)66-46(4)24-23-45(3)62)31-39-57(59)58-40-32-53(44-60(58)61)65(49-21-15-12-16-22-49)51-29-37-56(38-30-51)67-55-33-25-47(63)26-34-55/h11-16,19-40,43-44H,3-10,17-18,41-42,62-63H2,1-2H3/b24-23-. The van der Waals surface area contributed by atoms with Crippen LogP contribution in [-0.4, -0.2) is 0 Å². The van der Waals surface area contributed by atoms with E-state index >= 15 is 0 Å². The van der Waals surface area contributed by atoms with Crippen LogP contribution in [-0.2, 0) is 5.41 Å². The molecule has 6 nitrogen and oxygen atoms in total. The summed E-state index contributed by atoms with van der Waals surface area (Å²) in [7, 11) is 0. The predicted molar refractivity (Wildman–Crippen MR) is 283 cm³/mol. The monoisotopic (exact) mass is 885 g/mol. The highest BCUT2D eigenvalue weighted by molar-refractivity contribution is 5.88. The number of unbranched alkanes of at least 4 members (excludes halogenated alkanes) is 6. The molecule has 0 spiro atoms. The topological polar surface area (TPSA) is 77.0 Å². The van der Waals surface area contributed by atoms with Gasteiger partial charge in [0.2, 0.25) is 0 Å². The van der Waals surface area contributed by atoms with Crippen molar-refractivity contribution < 1.29 is 9.47 Å². The first-order valence-electron chi connectivity index (χ1n) is 24.0. The summed E-state index contributed by atoms with van der Waals surface area (Å²) in [6.07, 6.45) is 15.2. The van der Waals surface area contributed by atoms with Crippen LogP contribution in [0, 0.1) is 0 Å². The molecule has 4 N–H and O–H groups in total. The molecule has 0 heterocycles. The molecule has 67 heavy (non-hydrogen) atoms. The van der Waals surface area contributed by atoms with Crippen LogP contribution in [0.15, 0.2) is 207 Å². The van der Waals surface area contributed by atoms with Gasteiger partial charge in [-0.15, -0.1) is 0 Å². The third kappa shape index (κ3) is 10.8. The second kappa shape index (κ2) is 21.7. The largest absolute Gasteiger partial charge is 0.458 e. The molecule has 0 amide bonds. The Morgan fingerprint density at radius 2 is 0.910 bits per heavy atom. The first-order valence-corrected chi connectivity index (χ1v) is 24.0. The highest BCUT2D eigenvalue weighted by atomic mass is 16.5. The molecule has 8 rings (SSSR count). The average molecular weight is 885 g/mol. The molecule has 0 saturated carbocycles.